The zero-order chi connectivity index (χ0) is 25.0. The Kier molecular flexibility index (Phi) is 9.84. The Bertz CT molecular complexity index is 1080. The first-order valence-corrected chi connectivity index (χ1v) is 12.3. The lowest BCUT2D eigenvalue weighted by Crippen LogP contribution is -2.60. The molecular formula is C31H32O5. The van der Waals surface area contributed by atoms with Gasteiger partial charge in [0.2, 0.25) is 0 Å². The van der Waals surface area contributed by atoms with Gasteiger partial charge in [-0.15, -0.1) is 12.3 Å². The van der Waals surface area contributed by atoms with Crippen molar-refractivity contribution in [1.82, 2.24) is 0 Å². The van der Waals surface area contributed by atoms with Gasteiger partial charge in [-0.05, 0) is 16.7 Å². The lowest BCUT2D eigenvalue weighted by Gasteiger charge is -2.45. The lowest BCUT2D eigenvalue weighted by atomic mass is 9.91. The number of rotatable bonds is 12. The SMILES string of the molecule is C#CC[C@@H]1O[C@H](CC=O)[C@@H](OCc2ccccc2)[C@H](OCc2ccccc2)[C@H]1OCc1ccccc1. The van der Waals surface area contributed by atoms with E-state index in [1.807, 2.05) is 91.0 Å². The first-order valence-electron chi connectivity index (χ1n) is 12.3. The smallest absolute Gasteiger partial charge is 0.122 e. The van der Waals surface area contributed by atoms with Crippen molar-refractivity contribution < 1.29 is 23.7 Å². The quantitative estimate of drug-likeness (QED) is 0.264. The lowest BCUT2D eigenvalue weighted by molar-refractivity contribution is -0.263. The molecule has 1 saturated heterocycles. The number of terminal acetylenes is 1. The molecule has 0 amide bonds. The standard InChI is InChI=1S/C31H32O5/c1-2-12-27-29(33-21-24-13-6-3-7-14-24)31(35-23-26-17-10-5-11-18-26)30(28(36-27)19-20-32)34-22-25-15-8-4-9-16-25/h1,3-11,13-18,20,27-31H,12,19,21-23H2/t27-,28+,29-,30+,31+/m0/s1. The van der Waals surface area contributed by atoms with Gasteiger partial charge in [0.1, 0.15) is 24.6 Å². The van der Waals surface area contributed by atoms with Gasteiger partial charge in [-0.2, -0.15) is 0 Å². The van der Waals surface area contributed by atoms with Gasteiger partial charge in [0.25, 0.3) is 0 Å². The molecule has 1 fully saturated rings. The van der Waals surface area contributed by atoms with Crippen molar-refractivity contribution in [2.24, 2.45) is 0 Å². The summed E-state index contributed by atoms with van der Waals surface area (Å²) in [4.78, 5) is 11.6. The van der Waals surface area contributed by atoms with Crippen LogP contribution in [0.3, 0.4) is 0 Å². The fourth-order valence-corrected chi connectivity index (χ4v) is 4.45. The van der Waals surface area contributed by atoms with Crippen LogP contribution < -0.4 is 0 Å². The maximum Gasteiger partial charge on any atom is 0.122 e. The molecule has 5 atom stereocenters. The molecule has 0 unspecified atom stereocenters. The summed E-state index contributed by atoms with van der Waals surface area (Å²) in [5.41, 5.74) is 3.10. The van der Waals surface area contributed by atoms with Crippen molar-refractivity contribution in [3.63, 3.8) is 0 Å². The zero-order valence-corrected chi connectivity index (χ0v) is 20.3. The van der Waals surface area contributed by atoms with Crippen LogP contribution in [0.2, 0.25) is 0 Å². The van der Waals surface area contributed by atoms with E-state index in [0.717, 1.165) is 23.0 Å². The highest BCUT2D eigenvalue weighted by atomic mass is 16.6. The summed E-state index contributed by atoms with van der Waals surface area (Å²) in [5.74, 6) is 2.71. The maximum atomic E-state index is 11.6. The molecule has 0 aliphatic carbocycles. The molecule has 5 nitrogen and oxygen atoms in total. The van der Waals surface area contributed by atoms with Crippen molar-refractivity contribution in [2.75, 3.05) is 0 Å². The number of carbonyl (C=O) groups excluding carboxylic acids is 1. The van der Waals surface area contributed by atoms with E-state index < -0.39 is 30.5 Å². The predicted molar refractivity (Wildman–Crippen MR) is 138 cm³/mol. The van der Waals surface area contributed by atoms with Crippen LogP contribution in [0.15, 0.2) is 91.0 Å². The monoisotopic (exact) mass is 484 g/mol. The second-order valence-corrected chi connectivity index (χ2v) is 8.81. The summed E-state index contributed by atoms with van der Waals surface area (Å²) in [6, 6.07) is 29.8. The first kappa shape index (κ1) is 25.8. The molecule has 4 rings (SSSR count). The molecule has 0 bridgehead atoms. The second kappa shape index (κ2) is 13.7. The molecule has 36 heavy (non-hydrogen) atoms. The van der Waals surface area contributed by atoms with E-state index in [-0.39, 0.29) is 6.42 Å². The first-order chi connectivity index (χ1) is 17.8. The van der Waals surface area contributed by atoms with Gasteiger partial charge in [0, 0.05) is 12.8 Å². The van der Waals surface area contributed by atoms with E-state index in [1.165, 1.54) is 0 Å². The highest BCUT2D eigenvalue weighted by Crippen LogP contribution is 2.32. The van der Waals surface area contributed by atoms with Gasteiger partial charge in [-0.3, -0.25) is 0 Å². The minimum absolute atomic E-state index is 0.178. The van der Waals surface area contributed by atoms with Gasteiger partial charge in [-0.1, -0.05) is 91.0 Å². The highest BCUT2D eigenvalue weighted by molar-refractivity contribution is 5.50. The third-order valence-electron chi connectivity index (χ3n) is 6.23. The van der Waals surface area contributed by atoms with Gasteiger partial charge in [-0.25, -0.2) is 0 Å². The molecule has 0 radical (unpaired) electrons. The van der Waals surface area contributed by atoms with Crippen LogP contribution in [0.4, 0.5) is 0 Å². The van der Waals surface area contributed by atoms with Crippen LogP contribution in [0.5, 0.6) is 0 Å². The molecule has 1 aliphatic heterocycles. The Hall–Kier alpha value is -3.27. The molecular weight excluding hydrogens is 452 g/mol. The Labute approximate surface area is 213 Å². The number of hydrogen-bond donors (Lipinski definition) is 0. The van der Waals surface area contributed by atoms with Crippen LogP contribution in [-0.2, 0) is 43.6 Å². The minimum atomic E-state index is -0.520. The summed E-state index contributed by atoms with van der Waals surface area (Å²) in [7, 11) is 0. The van der Waals surface area contributed by atoms with E-state index in [2.05, 4.69) is 5.92 Å². The van der Waals surface area contributed by atoms with Gasteiger partial charge < -0.3 is 23.7 Å². The summed E-state index contributed by atoms with van der Waals surface area (Å²) < 4.78 is 25.7. The fourth-order valence-electron chi connectivity index (χ4n) is 4.45. The molecule has 0 saturated carbocycles. The topological polar surface area (TPSA) is 54.0 Å². The third kappa shape index (κ3) is 7.13. The summed E-state index contributed by atoms with van der Waals surface area (Å²) >= 11 is 0. The average Bonchev–Trinajstić information content (AvgIpc) is 2.93. The summed E-state index contributed by atoms with van der Waals surface area (Å²) in [5, 5.41) is 0. The minimum Gasteiger partial charge on any atom is -0.368 e. The van der Waals surface area contributed by atoms with Gasteiger partial charge in [0.05, 0.1) is 32.0 Å². The van der Waals surface area contributed by atoms with E-state index in [0.29, 0.717) is 26.2 Å². The van der Waals surface area contributed by atoms with Gasteiger partial charge >= 0.3 is 0 Å². The highest BCUT2D eigenvalue weighted by Gasteiger charge is 2.47. The zero-order valence-electron chi connectivity index (χ0n) is 20.3. The largest absolute Gasteiger partial charge is 0.368 e. The van der Waals surface area contributed by atoms with Crippen molar-refractivity contribution >= 4 is 6.29 Å². The number of benzene rings is 3. The average molecular weight is 485 g/mol. The number of hydrogen-bond acceptors (Lipinski definition) is 5. The summed E-state index contributed by atoms with van der Waals surface area (Å²) in [6.45, 7) is 1.12. The van der Waals surface area contributed by atoms with Gasteiger partial charge in [0.15, 0.2) is 0 Å². The molecule has 5 heteroatoms. The molecule has 186 valence electrons. The molecule has 3 aromatic rings. The number of carbonyl (C=O) groups is 1. The van der Waals surface area contributed by atoms with E-state index in [9.17, 15) is 4.79 Å². The van der Waals surface area contributed by atoms with Crippen molar-refractivity contribution in [3.05, 3.63) is 108 Å². The Morgan fingerprint density at radius 3 is 1.50 bits per heavy atom. The molecule has 0 N–H and O–H groups in total. The third-order valence-corrected chi connectivity index (χ3v) is 6.23. The van der Waals surface area contributed by atoms with E-state index in [1.54, 1.807) is 0 Å². The van der Waals surface area contributed by atoms with E-state index >= 15 is 0 Å². The van der Waals surface area contributed by atoms with E-state index in [4.69, 9.17) is 25.4 Å². The Morgan fingerprint density at radius 2 is 1.08 bits per heavy atom. The molecule has 1 heterocycles. The predicted octanol–water partition coefficient (Wildman–Crippen LogP) is 5.12. The van der Waals surface area contributed by atoms with Crippen LogP contribution in [0.25, 0.3) is 0 Å². The molecule has 0 aromatic heterocycles. The number of ether oxygens (including phenoxy) is 4. The Balaban J connectivity index is 1.61. The molecule has 3 aromatic carbocycles. The second-order valence-electron chi connectivity index (χ2n) is 8.81. The van der Waals surface area contributed by atoms with Crippen molar-refractivity contribution in [3.8, 4) is 12.3 Å². The van der Waals surface area contributed by atoms with Crippen molar-refractivity contribution in [1.29, 1.82) is 0 Å². The maximum absolute atomic E-state index is 11.6. The number of aldehydes is 1. The van der Waals surface area contributed by atoms with Crippen LogP contribution in [0, 0.1) is 12.3 Å². The van der Waals surface area contributed by atoms with Crippen LogP contribution in [-0.4, -0.2) is 36.8 Å². The fraction of sp³-hybridized carbons (Fsp3) is 0.323. The molecule has 1 aliphatic rings. The molecule has 0 spiro atoms. The van der Waals surface area contributed by atoms with Crippen LogP contribution >= 0.6 is 0 Å². The summed E-state index contributed by atoms with van der Waals surface area (Å²) in [6.07, 6.45) is 4.66. The van der Waals surface area contributed by atoms with Crippen molar-refractivity contribution in [2.45, 2.75) is 63.2 Å². The normalized spacial score (nSPS) is 23.6. The Morgan fingerprint density at radius 1 is 0.667 bits per heavy atom. The van der Waals surface area contributed by atoms with Crippen LogP contribution in [0.1, 0.15) is 29.5 Å².